The number of carbonyl (C=O) groups excluding carboxylic acids is 3. The minimum absolute atomic E-state index is 0.169. The summed E-state index contributed by atoms with van der Waals surface area (Å²) < 4.78 is 31.5. The zero-order valence-corrected chi connectivity index (χ0v) is 34.7. The molecule has 2 aromatic carbocycles. The predicted molar refractivity (Wildman–Crippen MR) is 224 cm³/mol. The number of hydrogen-bond acceptors (Lipinski definition) is 10. The minimum Gasteiger partial charge on any atom is -0.354 e. The van der Waals surface area contributed by atoms with Crippen LogP contribution in [0, 0.1) is 11.6 Å². The molecule has 4 saturated heterocycles. The summed E-state index contributed by atoms with van der Waals surface area (Å²) in [7, 11) is 0. The second kappa shape index (κ2) is 15.9. The van der Waals surface area contributed by atoms with Crippen LogP contribution >= 0.6 is 15.9 Å². The maximum Gasteiger partial charge on any atom is 0.256 e. The molecule has 10 rings (SSSR count). The molecule has 13 nitrogen and oxygen atoms in total. The van der Waals surface area contributed by atoms with Crippen molar-refractivity contribution in [1.82, 2.24) is 39.6 Å². The van der Waals surface area contributed by atoms with E-state index in [1.54, 1.807) is 15.6 Å². The van der Waals surface area contributed by atoms with Crippen LogP contribution < -0.4 is 15.1 Å². The van der Waals surface area contributed by atoms with Gasteiger partial charge in [-0.05, 0) is 115 Å². The number of nitrogens with zero attached hydrogens (tertiary/aromatic N) is 9. The van der Waals surface area contributed by atoms with E-state index < -0.39 is 23.6 Å². The molecule has 5 aromatic rings. The molecule has 16 heteroatoms. The van der Waals surface area contributed by atoms with Crippen molar-refractivity contribution < 1.29 is 23.2 Å². The number of carbonyl (C=O) groups is 3. The molecule has 0 bridgehead atoms. The van der Waals surface area contributed by atoms with Gasteiger partial charge in [0.15, 0.2) is 5.65 Å². The standard InChI is InChI=1S/C44H45BrF2N10O3/c45-33-22-27(21-28-26-56(44(60)41(28)33)37-8-9-40(58)51-43(37)59)25-52-14-10-30(11-15-52)53-17-19-54(20-18-53)38-5-1-3-35(49-38)32-24-48-57-16-12-39(50-42(32)57)55-13-2-4-36(55)31-23-29(46)6-7-34(31)47/h1,3,5-7,12,16,21-24,30,36-37H,2,4,8-11,13-15,17-20,25-26H2,(H,51,58,59)/t36-,37?/m1/s1. The van der Waals surface area contributed by atoms with Crippen molar-refractivity contribution in [3.63, 3.8) is 0 Å². The third-order valence-electron chi connectivity index (χ3n) is 13.0. The van der Waals surface area contributed by atoms with Gasteiger partial charge in [-0.1, -0.05) is 12.1 Å². The van der Waals surface area contributed by atoms with Crippen molar-refractivity contribution in [1.29, 1.82) is 0 Å². The van der Waals surface area contributed by atoms with E-state index in [4.69, 9.17) is 9.97 Å². The van der Waals surface area contributed by atoms with Gasteiger partial charge in [0.2, 0.25) is 11.8 Å². The van der Waals surface area contributed by atoms with E-state index in [2.05, 4.69) is 58.1 Å². The summed E-state index contributed by atoms with van der Waals surface area (Å²) in [5.41, 5.74) is 5.27. The van der Waals surface area contributed by atoms with Crippen LogP contribution in [0.4, 0.5) is 20.4 Å². The molecule has 1 unspecified atom stereocenters. The number of amides is 3. The zero-order chi connectivity index (χ0) is 41.1. The summed E-state index contributed by atoms with van der Waals surface area (Å²) in [6.45, 7) is 7.48. The van der Waals surface area contributed by atoms with Crippen molar-refractivity contribution in [2.45, 2.75) is 69.7 Å². The van der Waals surface area contributed by atoms with Crippen LogP contribution in [0.25, 0.3) is 16.9 Å². The normalized spacial score (nSPS) is 22.0. The van der Waals surface area contributed by atoms with Crippen molar-refractivity contribution in [3.05, 3.63) is 105 Å². The molecule has 310 valence electrons. The molecule has 60 heavy (non-hydrogen) atoms. The highest BCUT2D eigenvalue weighted by Crippen LogP contribution is 2.38. The number of fused-ring (bicyclic) bond motifs is 2. The number of imide groups is 1. The highest BCUT2D eigenvalue weighted by molar-refractivity contribution is 9.10. The summed E-state index contributed by atoms with van der Waals surface area (Å²) in [6.07, 6.45) is 7.97. The molecule has 1 N–H and O–H groups in total. The summed E-state index contributed by atoms with van der Waals surface area (Å²) in [6, 6.07) is 15.3. The van der Waals surface area contributed by atoms with E-state index >= 15 is 0 Å². The first-order valence-corrected chi connectivity index (χ1v) is 21.7. The smallest absolute Gasteiger partial charge is 0.256 e. The Hall–Kier alpha value is -5.32. The molecule has 2 atom stereocenters. The molecule has 3 amide bonds. The fourth-order valence-corrected chi connectivity index (χ4v) is 10.6. The average Bonchev–Trinajstić information content (AvgIpc) is 4.00. The lowest BCUT2D eigenvalue weighted by Gasteiger charge is -2.43. The van der Waals surface area contributed by atoms with Crippen molar-refractivity contribution in [2.75, 3.05) is 55.6 Å². The Balaban J connectivity index is 0.751. The van der Waals surface area contributed by atoms with Gasteiger partial charge in [-0.3, -0.25) is 29.5 Å². The van der Waals surface area contributed by atoms with Crippen molar-refractivity contribution >= 4 is 50.9 Å². The van der Waals surface area contributed by atoms with Gasteiger partial charge in [0, 0.05) is 74.5 Å². The Bertz CT molecular complexity index is 2500. The second-order valence-electron chi connectivity index (χ2n) is 16.6. The maximum atomic E-state index is 14.8. The van der Waals surface area contributed by atoms with Crippen LogP contribution in [0.15, 0.2) is 71.5 Å². The Kier molecular flexibility index (Phi) is 10.3. The summed E-state index contributed by atoms with van der Waals surface area (Å²) >= 11 is 3.65. The van der Waals surface area contributed by atoms with E-state index in [1.165, 1.54) is 12.1 Å². The molecular weight excluding hydrogens is 834 g/mol. The van der Waals surface area contributed by atoms with Gasteiger partial charge < -0.3 is 14.7 Å². The van der Waals surface area contributed by atoms with Gasteiger partial charge in [-0.2, -0.15) is 5.10 Å². The Labute approximate surface area is 354 Å². The van der Waals surface area contributed by atoms with Crippen LogP contribution in [-0.4, -0.2) is 110 Å². The first-order valence-electron chi connectivity index (χ1n) is 20.9. The first kappa shape index (κ1) is 38.9. The molecule has 8 heterocycles. The number of halogens is 3. The molecule has 0 spiro atoms. The summed E-state index contributed by atoms with van der Waals surface area (Å²) in [5.74, 6) is -0.100. The van der Waals surface area contributed by atoms with Crippen LogP contribution in [0.3, 0.4) is 0 Å². The van der Waals surface area contributed by atoms with Gasteiger partial charge in [0.25, 0.3) is 5.91 Å². The number of nitrogens with one attached hydrogen (secondary N) is 1. The molecular formula is C44H45BrF2N10O3. The van der Waals surface area contributed by atoms with Crippen LogP contribution in [0.2, 0.25) is 0 Å². The van der Waals surface area contributed by atoms with E-state index in [0.717, 1.165) is 104 Å². The van der Waals surface area contributed by atoms with Crippen LogP contribution in [0.5, 0.6) is 0 Å². The predicted octanol–water partition coefficient (Wildman–Crippen LogP) is 5.72. The zero-order valence-electron chi connectivity index (χ0n) is 33.1. The topological polar surface area (TPSA) is 123 Å². The molecule has 5 aliphatic rings. The monoisotopic (exact) mass is 878 g/mol. The molecule has 4 fully saturated rings. The SMILES string of the molecule is O=C1CCC(N2Cc3cc(CN4CCC(N5CCN(c6cccc(-c7cnn8ccc(N9CCC[C@@H]9c9cc(F)ccc9F)nc78)n6)CC5)CC4)cc(Br)c3C2=O)C(=O)N1. The number of aromatic nitrogens is 4. The number of likely N-dealkylation sites (tertiary alicyclic amines) is 1. The molecule has 0 radical (unpaired) electrons. The fourth-order valence-electron chi connectivity index (χ4n) is 9.91. The van der Waals surface area contributed by atoms with Gasteiger partial charge in [0.1, 0.15) is 29.3 Å². The van der Waals surface area contributed by atoms with E-state index in [9.17, 15) is 23.2 Å². The second-order valence-corrected chi connectivity index (χ2v) is 17.4. The van der Waals surface area contributed by atoms with Gasteiger partial charge in [-0.25, -0.2) is 23.3 Å². The van der Waals surface area contributed by atoms with Crippen LogP contribution in [-0.2, 0) is 22.7 Å². The number of pyridine rings is 1. The highest BCUT2D eigenvalue weighted by Gasteiger charge is 2.40. The molecule has 5 aliphatic heterocycles. The highest BCUT2D eigenvalue weighted by atomic mass is 79.9. The van der Waals surface area contributed by atoms with E-state index in [0.29, 0.717) is 54.6 Å². The lowest BCUT2D eigenvalue weighted by molar-refractivity contribution is -0.136. The number of hydrogen-bond donors (Lipinski definition) is 1. The van der Waals surface area contributed by atoms with Gasteiger partial charge in [-0.15, -0.1) is 0 Å². The molecule has 3 aromatic heterocycles. The largest absolute Gasteiger partial charge is 0.354 e. The third kappa shape index (κ3) is 7.32. The number of piperazine rings is 1. The van der Waals surface area contributed by atoms with Crippen molar-refractivity contribution in [3.8, 4) is 11.3 Å². The number of rotatable bonds is 8. The maximum absolute atomic E-state index is 14.8. The van der Waals surface area contributed by atoms with Gasteiger partial charge in [0.05, 0.1) is 29.1 Å². The Morgan fingerprint density at radius 3 is 2.47 bits per heavy atom. The Morgan fingerprint density at radius 1 is 0.817 bits per heavy atom. The van der Waals surface area contributed by atoms with E-state index in [1.807, 2.05) is 30.5 Å². The van der Waals surface area contributed by atoms with Crippen LogP contribution in [0.1, 0.15) is 71.6 Å². The number of anilines is 2. The quantitative estimate of drug-likeness (QED) is 0.194. The summed E-state index contributed by atoms with van der Waals surface area (Å²) in [5, 5.41) is 6.95. The first-order chi connectivity index (χ1) is 29.2. The van der Waals surface area contributed by atoms with Crippen molar-refractivity contribution in [2.24, 2.45) is 0 Å². The summed E-state index contributed by atoms with van der Waals surface area (Å²) in [4.78, 5) is 58.8. The average molecular weight is 880 g/mol. The molecule has 0 aliphatic carbocycles. The lowest BCUT2D eigenvalue weighted by atomic mass is 10.0. The lowest BCUT2D eigenvalue weighted by Crippen LogP contribution is -2.53. The fraction of sp³-hybridized carbons (Fsp3) is 0.409. The third-order valence-corrected chi connectivity index (χ3v) is 13.6. The molecule has 0 saturated carbocycles. The van der Waals surface area contributed by atoms with Gasteiger partial charge >= 0.3 is 0 Å². The Morgan fingerprint density at radius 2 is 1.65 bits per heavy atom. The minimum atomic E-state index is -0.629. The van der Waals surface area contributed by atoms with E-state index in [-0.39, 0.29) is 24.3 Å². The number of piperidine rings is 2. The number of benzene rings is 2.